The molecule has 0 saturated heterocycles. The Morgan fingerprint density at radius 2 is 2.09 bits per heavy atom. The monoisotopic (exact) mass is 314 g/mol. The van der Waals surface area contributed by atoms with E-state index in [0.29, 0.717) is 5.92 Å². The minimum atomic E-state index is -0.184. The summed E-state index contributed by atoms with van der Waals surface area (Å²) in [5.74, 6) is 1.33. The van der Waals surface area contributed by atoms with Gasteiger partial charge in [0, 0.05) is 18.2 Å². The number of anilines is 2. The van der Waals surface area contributed by atoms with Crippen molar-refractivity contribution < 1.29 is 5.11 Å². The molecule has 5 nitrogen and oxygen atoms in total. The van der Waals surface area contributed by atoms with Crippen molar-refractivity contribution in [3.05, 3.63) is 35.8 Å². The predicted molar refractivity (Wildman–Crippen MR) is 92.1 cm³/mol. The van der Waals surface area contributed by atoms with E-state index < -0.39 is 0 Å². The zero-order valence-electron chi connectivity index (χ0n) is 14.4. The molecule has 1 fully saturated rings. The normalized spacial score (nSPS) is 21.6. The molecule has 1 aliphatic carbocycles. The van der Waals surface area contributed by atoms with Crippen LogP contribution in [0.1, 0.15) is 57.3 Å². The van der Waals surface area contributed by atoms with Gasteiger partial charge in [0.2, 0.25) is 0 Å². The largest absolute Gasteiger partial charge is 0.393 e. The predicted octanol–water partition coefficient (Wildman–Crippen LogP) is 3.71. The molecule has 23 heavy (non-hydrogen) atoms. The van der Waals surface area contributed by atoms with E-state index >= 15 is 0 Å². The van der Waals surface area contributed by atoms with E-state index in [0.717, 1.165) is 42.2 Å². The molecule has 2 unspecified atom stereocenters. The van der Waals surface area contributed by atoms with Gasteiger partial charge in [-0.2, -0.15) is 5.10 Å². The quantitative estimate of drug-likeness (QED) is 0.906. The number of pyridine rings is 1. The van der Waals surface area contributed by atoms with E-state index in [1.165, 1.54) is 0 Å². The number of aliphatic hydroxyl groups excluding tert-OH is 1. The number of nitrogens with one attached hydrogen (secondary N) is 1. The molecule has 0 aliphatic heterocycles. The number of rotatable bonds is 3. The second-order valence-electron chi connectivity index (χ2n) is 7.46. The summed E-state index contributed by atoms with van der Waals surface area (Å²) in [5.41, 5.74) is 2.91. The number of hydrogen-bond donors (Lipinski definition) is 2. The number of aryl methyl sites for hydroxylation is 1. The first-order valence-corrected chi connectivity index (χ1v) is 8.32. The summed E-state index contributed by atoms with van der Waals surface area (Å²) in [6, 6.07) is 6.09. The van der Waals surface area contributed by atoms with Crippen molar-refractivity contribution in [3.63, 3.8) is 0 Å². The Bertz CT molecular complexity index is 687. The zero-order chi connectivity index (χ0) is 16.6. The van der Waals surface area contributed by atoms with Crippen LogP contribution in [-0.2, 0) is 5.54 Å². The van der Waals surface area contributed by atoms with Crippen molar-refractivity contribution in [2.45, 2.75) is 64.5 Å². The van der Waals surface area contributed by atoms with Gasteiger partial charge in [-0.15, -0.1) is 0 Å². The summed E-state index contributed by atoms with van der Waals surface area (Å²) < 4.78 is 2.04. The zero-order valence-corrected chi connectivity index (χ0v) is 14.4. The highest BCUT2D eigenvalue weighted by molar-refractivity contribution is 5.59. The van der Waals surface area contributed by atoms with Gasteiger partial charge in [-0.1, -0.05) is 0 Å². The van der Waals surface area contributed by atoms with Crippen molar-refractivity contribution in [1.29, 1.82) is 0 Å². The summed E-state index contributed by atoms with van der Waals surface area (Å²) in [4.78, 5) is 4.34. The first kappa shape index (κ1) is 16.0. The van der Waals surface area contributed by atoms with Gasteiger partial charge in [-0.25, -0.2) is 4.68 Å². The van der Waals surface area contributed by atoms with Gasteiger partial charge in [0.15, 0.2) is 0 Å². The fraction of sp³-hybridized carbons (Fsp3) is 0.556. The molecule has 1 aliphatic rings. The molecule has 1 saturated carbocycles. The molecule has 3 rings (SSSR count). The van der Waals surface area contributed by atoms with Crippen LogP contribution in [-0.4, -0.2) is 26.0 Å². The lowest BCUT2D eigenvalue weighted by Gasteiger charge is -2.23. The summed E-state index contributed by atoms with van der Waals surface area (Å²) in [6.07, 6.45) is 4.31. The molecule has 2 atom stereocenters. The fourth-order valence-corrected chi connectivity index (χ4v) is 3.18. The third kappa shape index (κ3) is 3.39. The van der Waals surface area contributed by atoms with Crippen LogP contribution in [0.25, 0.3) is 0 Å². The van der Waals surface area contributed by atoms with Crippen LogP contribution in [0.2, 0.25) is 0 Å². The van der Waals surface area contributed by atoms with Crippen molar-refractivity contribution in [2.75, 3.05) is 5.32 Å². The fourth-order valence-electron chi connectivity index (χ4n) is 3.18. The SMILES string of the molecule is Cc1ncccc1Nc1cc(C2CCC(O)C2)nn1C(C)(C)C. The molecule has 0 bridgehead atoms. The molecule has 0 aromatic carbocycles. The highest BCUT2D eigenvalue weighted by Gasteiger charge is 2.29. The lowest BCUT2D eigenvalue weighted by atomic mass is 10.0. The third-order valence-electron chi connectivity index (χ3n) is 4.46. The second-order valence-corrected chi connectivity index (χ2v) is 7.46. The van der Waals surface area contributed by atoms with Crippen molar-refractivity contribution in [1.82, 2.24) is 14.8 Å². The standard InChI is InChI=1S/C18H26N4O/c1-12-15(6-5-9-19-12)20-17-11-16(13-7-8-14(23)10-13)21-22(17)18(2,3)4/h5-6,9,11,13-14,20,23H,7-8,10H2,1-4H3. The van der Waals surface area contributed by atoms with Crippen molar-refractivity contribution in [3.8, 4) is 0 Å². The Morgan fingerprint density at radius 3 is 2.70 bits per heavy atom. The van der Waals surface area contributed by atoms with E-state index in [1.54, 1.807) is 6.20 Å². The molecule has 5 heteroatoms. The maximum absolute atomic E-state index is 9.81. The minimum absolute atomic E-state index is 0.117. The van der Waals surface area contributed by atoms with Crippen LogP contribution in [0.3, 0.4) is 0 Å². The Labute approximate surface area is 137 Å². The van der Waals surface area contributed by atoms with Gasteiger partial charge < -0.3 is 10.4 Å². The Hall–Kier alpha value is -1.88. The lowest BCUT2D eigenvalue weighted by molar-refractivity contribution is 0.181. The van der Waals surface area contributed by atoms with Crippen LogP contribution < -0.4 is 5.32 Å². The molecular weight excluding hydrogens is 288 g/mol. The van der Waals surface area contributed by atoms with Crippen LogP contribution >= 0.6 is 0 Å². The molecule has 2 heterocycles. The lowest BCUT2D eigenvalue weighted by Crippen LogP contribution is -2.25. The Morgan fingerprint density at radius 1 is 1.30 bits per heavy atom. The maximum atomic E-state index is 9.81. The average Bonchev–Trinajstić information content (AvgIpc) is 3.07. The van der Waals surface area contributed by atoms with Gasteiger partial charge in [-0.05, 0) is 59.1 Å². The minimum Gasteiger partial charge on any atom is -0.393 e. The van der Waals surface area contributed by atoms with Crippen molar-refractivity contribution >= 4 is 11.5 Å². The summed E-state index contributed by atoms with van der Waals surface area (Å²) in [6.45, 7) is 8.44. The summed E-state index contributed by atoms with van der Waals surface area (Å²) in [5, 5.41) is 18.1. The van der Waals surface area contributed by atoms with E-state index in [2.05, 4.69) is 37.1 Å². The maximum Gasteiger partial charge on any atom is 0.129 e. The topological polar surface area (TPSA) is 63.0 Å². The molecule has 124 valence electrons. The van der Waals surface area contributed by atoms with E-state index in [-0.39, 0.29) is 11.6 Å². The average molecular weight is 314 g/mol. The first-order valence-electron chi connectivity index (χ1n) is 8.32. The summed E-state index contributed by atoms with van der Waals surface area (Å²) in [7, 11) is 0. The van der Waals surface area contributed by atoms with E-state index in [1.807, 2.05) is 23.7 Å². The number of aromatic nitrogens is 3. The van der Waals surface area contributed by atoms with E-state index in [4.69, 9.17) is 5.10 Å². The van der Waals surface area contributed by atoms with Crippen LogP contribution in [0, 0.1) is 6.92 Å². The molecular formula is C18H26N4O. The molecule has 0 radical (unpaired) electrons. The molecule has 0 spiro atoms. The van der Waals surface area contributed by atoms with Gasteiger partial charge in [0.1, 0.15) is 5.82 Å². The van der Waals surface area contributed by atoms with Gasteiger partial charge in [-0.3, -0.25) is 4.98 Å². The van der Waals surface area contributed by atoms with Crippen LogP contribution in [0.5, 0.6) is 0 Å². The first-order chi connectivity index (χ1) is 10.8. The van der Waals surface area contributed by atoms with Crippen molar-refractivity contribution in [2.24, 2.45) is 0 Å². The number of hydrogen-bond acceptors (Lipinski definition) is 4. The number of nitrogens with zero attached hydrogens (tertiary/aromatic N) is 3. The highest BCUT2D eigenvalue weighted by Crippen LogP contribution is 2.36. The smallest absolute Gasteiger partial charge is 0.129 e. The van der Waals surface area contributed by atoms with Gasteiger partial charge in [0.25, 0.3) is 0 Å². The Balaban J connectivity index is 1.94. The summed E-state index contributed by atoms with van der Waals surface area (Å²) >= 11 is 0. The van der Waals surface area contributed by atoms with Gasteiger partial charge in [0.05, 0.1) is 28.7 Å². The van der Waals surface area contributed by atoms with Crippen LogP contribution in [0.15, 0.2) is 24.4 Å². The molecule has 2 N–H and O–H groups in total. The Kier molecular flexibility index (Phi) is 4.15. The van der Waals surface area contributed by atoms with Crippen LogP contribution in [0.4, 0.5) is 11.5 Å². The molecule has 0 amide bonds. The number of aliphatic hydroxyl groups is 1. The highest BCUT2D eigenvalue weighted by atomic mass is 16.3. The molecule has 2 aromatic heterocycles. The van der Waals surface area contributed by atoms with E-state index in [9.17, 15) is 5.11 Å². The van der Waals surface area contributed by atoms with Gasteiger partial charge >= 0.3 is 0 Å². The third-order valence-corrected chi connectivity index (χ3v) is 4.46. The second kappa shape index (κ2) is 5.96. The molecule has 2 aromatic rings.